The Morgan fingerprint density at radius 3 is 2.77 bits per heavy atom. The van der Waals surface area contributed by atoms with E-state index in [-0.39, 0.29) is 17.3 Å². The van der Waals surface area contributed by atoms with Gasteiger partial charge in [-0.2, -0.15) is 0 Å². The fourth-order valence-electron chi connectivity index (χ4n) is 6.86. The van der Waals surface area contributed by atoms with Gasteiger partial charge in [0.25, 0.3) is 0 Å². The number of nitrogens with zero attached hydrogens (tertiary/aromatic N) is 2. The van der Waals surface area contributed by atoms with Crippen molar-refractivity contribution >= 4 is 11.6 Å². The number of likely N-dealkylation sites (N-methyl/N-ethyl adjacent to an activating group) is 1. The second-order valence-electron chi connectivity index (χ2n) is 9.57. The molecule has 2 aliphatic carbocycles. The van der Waals surface area contributed by atoms with Crippen molar-refractivity contribution in [1.29, 1.82) is 0 Å². The molecule has 4 atom stereocenters. The summed E-state index contributed by atoms with van der Waals surface area (Å²) >= 11 is 6.09. The highest BCUT2D eigenvalue weighted by Gasteiger charge is 2.64. The number of likely N-dealkylation sites (tertiary alicyclic amines) is 1. The van der Waals surface area contributed by atoms with E-state index in [4.69, 9.17) is 21.3 Å². The van der Waals surface area contributed by atoms with Gasteiger partial charge in [0.1, 0.15) is 0 Å². The molecule has 2 aliphatic heterocycles. The Morgan fingerprint density at radius 2 is 1.94 bits per heavy atom. The third kappa shape index (κ3) is 2.22. The number of phenols is 1. The first-order valence-corrected chi connectivity index (χ1v) is 11.4. The van der Waals surface area contributed by atoms with Crippen LogP contribution in [-0.4, -0.2) is 34.6 Å². The number of benzene rings is 2. The van der Waals surface area contributed by atoms with Crippen molar-refractivity contribution < 1.29 is 9.84 Å². The molecule has 1 spiro atoms. The highest BCUT2D eigenvalue weighted by molar-refractivity contribution is 6.30. The molecule has 1 fully saturated rings. The van der Waals surface area contributed by atoms with Crippen LogP contribution in [-0.2, 0) is 18.3 Å². The number of ether oxygens (including phenoxy) is 1. The van der Waals surface area contributed by atoms with Crippen LogP contribution in [0.3, 0.4) is 0 Å². The Kier molecular flexibility index (Phi) is 3.51. The molecule has 7 rings (SSSR count). The molecule has 4 nitrogen and oxygen atoms in total. The molecule has 31 heavy (non-hydrogen) atoms. The first-order chi connectivity index (χ1) is 15.1. The molecule has 2 aromatic carbocycles. The van der Waals surface area contributed by atoms with E-state index in [1.54, 1.807) is 6.07 Å². The van der Waals surface area contributed by atoms with Gasteiger partial charge >= 0.3 is 0 Å². The monoisotopic (exact) mass is 430 g/mol. The number of piperidine rings is 1. The minimum absolute atomic E-state index is 0.0827. The Hall–Kier alpha value is -2.56. The van der Waals surface area contributed by atoms with Crippen molar-refractivity contribution in [2.75, 3.05) is 13.6 Å². The number of hydrogen-bond acceptors (Lipinski definition) is 4. The molecular weight excluding hydrogens is 408 g/mol. The molecule has 5 heteroatoms. The van der Waals surface area contributed by atoms with Crippen LogP contribution in [0, 0.1) is 5.92 Å². The van der Waals surface area contributed by atoms with Crippen LogP contribution in [0.5, 0.6) is 11.5 Å². The number of fused-ring (bicyclic) bond motifs is 2. The van der Waals surface area contributed by atoms with Crippen molar-refractivity contribution in [3.8, 4) is 22.6 Å². The molecule has 1 N–H and O–H groups in total. The van der Waals surface area contributed by atoms with Crippen molar-refractivity contribution in [2.24, 2.45) is 5.92 Å². The van der Waals surface area contributed by atoms with E-state index in [9.17, 15) is 5.11 Å². The number of halogens is 1. The number of phenolic OH excluding ortho intramolecular Hbond substituents is 1. The van der Waals surface area contributed by atoms with Gasteiger partial charge in [-0.25, -0.2) is 0 Å². The Balaban J connectivity index is 1.43. The number of hydrogen-bond donors (Lipinski definition) is 1. The maximum atomic E-state index is 10.7. The fourth-order valence-corrected chi connectivity index (χ4v) is 6.99. The summed E-state index contributed by atoms with van der Waals surface area (Å²) in [7, 11) is 2.26. The van der Waals surface area contributed by atoms with E-state index in [2.05, 4.69) is 24.1 Å². The average Bonchev–Trinajstić information content (AvgIpc) is 3.13. The van der Waals surface area contributed by atoms with Crippen molar-refractivity contribution in [3.05, 3.63) is 76.1 Å². The Morgan fingerprint density at radius 1 is 1.10 bits per heavy atom. The van der Waals surface area contributed by atoms with Gasteiger partial charge in [0, 0.05) is 33.8 Å². The summed E-state index contributed by atoms with van der Waals surface area (Å²) < 4.78 is 6.58. The standard InChI is InChI=1S/C26H23ClN2O2/c1-29-9-8-26-19-11-16-10-17(14-2-5-18(27)6-3-14)13-28-23(16)25(26)31-24-21(30)7-4-15(22(24)26)12-20(19)29/h2-7,10,13,19-20,25,30H,8-9,11-12H2,1H3/t19?,20-,25-,26-/m0/s1. The summed E-state index contributed by atoms with van der Waals surface area (Å²) in [5.74, 6) is 1.42. The number of aromatic nitrogens is 1. The zero-order chi connectivity index (χ0) is 20.9. The van der Waals surface area contributed by atoms with E-state index >= 15 is 0 Å². The SMILES string of the molecule is CN1CC[C@]23c4c5ccc(O)c4O[C@H]2c2ncc(-c4ccc(Cl)cc4)cc2CC3[C@@H]1C5. The van der Waals surface area contributed by atoms with E-state index < -0.39 is 0 Å². The van der Waals surface area contributed by atoms with Gasteiger partial charge in [-0.05, 0) is 79.7 Å². The number of aromatic hydroxyl groups is 1. The van der Waals surface area contributed by atoms with Crippen molar-refractivity contribution in [3.63, 3.8) is 0 Å². The molecule has 0 amide bonds. The molecule has 3 aromatic rings. The fraction of sp³-hybridized carbons (Fsp3) is 0.346. The lowest BCUT2D eigenvalue weighted by Gasteiger charge is -2.57. The van der Waals surface area contributed by atoms with Gasteiger partial charge in [-0.1, -0.05) is 29.8 Å². The molecule has 1 unspecified atom stereocenters. The van der Waals surface area contributed by atoms with Crippen molar-refractivity contribution in [2.45, 2.75) is 36.8 Å². The van der Waals surface area contributed by atoms with Gasteiger partial charge < -0.3 is 14.7 Å². The second-order valence-corrected chi connectivity index (χ2v) is 10.0. The van der Waals surface area contributed by atoms with Gasteiger partial charge in [0.2, 0.25) is 0 Å². The van der Waals surface area contributed by atoms with Gasteiger partial charge in [-0.15, -0.1) is 0 Å². The predicted molar refractivity (Wildman–Crippen MR) is 120 cm³/mol. The largest absolute Gasteiger partial charge is 0.504 e. The number of pyridine rings is 1. The summed E-state index contributed by atoms with van der Waals surface area (Å²) in [5, 5.41) is 11.4. The minimum Gasteiger partial charge on any atom is -0.504 e. The lowest BCUT2D eigenvalue weighted by Crippen LogP contribution is -2.62. The Bertz CT molecular complexity index is 1240. The second kappa shape index (κ2) is 6.02. The highest BCUT2D eigenvalue weighted by atomic mass is 35.5. The van der Waals surface area contributed by atoms with Gasteiger partial charge in [-0.3, -0.25) is 4.98 Å². The van der Waals surface area contributed by atoms with Gasteiger partial charge in [0.15, 0.2) is 17.6 Å². The smallest absolute Gasteiger partial charge is 0.166 e. The lowest BCUT2D eigenvalue weighted by molar-refractivity contribution is -0.0260. The summed E-state index contributed by atoms with van der Waals surface area (Å²) in [6, 6.07) is 14.6. The van der Waals surface area contributed by atoms with E-state index in [1.165, 1.54) is 16.7 Å². The normalized spacial score (nSPS) is 29.8. The molecule has 0 radical (unpaired) electrons. The Labute approximate surface area is 186 Å². The lowest BCUT2D eigenvalue weighted by atomic mass is 9.51. The molecule has 4 aliphatic rings. The zero-order valence-electron chi connectivity index (χ0n) is 17.3. The molecule has 0 saturated carbocycles. The first-order valence-electron chi connectivity index (χ1n) is 11.0. The predicted octanol–water partition coefficient (Wildman–Crippen LogP) is 4.91. The average molecular weight is 431 g/mol. The van der Waals surface area contributed by atoms with Crippen LogP contribution in [0.25, 0.3) is 11.1 Å². The summed E-state index contributed by atoms with van der Waals surface area (Å²) in [4.78, 5) is 7.50. The van der Waals surface area contributed by atoms with Crippen LogP contribution in [0.4, 0.5) is 0 Å². The quantitative estimate of drug-likeness (QED) is 0.595. The van der Waals surface area contributed by atoms with E-state index in [1.807, 2.05) is 30.5 Å². The molecule has 2 bridgehead atoms. The van der Waals surface area contributed by atoms with Crippen LogP contribution in [0.15, 0.2) is 48.7 Å². The number of rotatable bonds is 1. The maximum absolute atomic E-state index is 10.7. The summed E-state index contributed by atoms with van der Waals surface area (Å²) in [5.41, 5.74) is 7.07. The van der Waals surface area contributed by atoms with Crippen LogP contribution in [0.1, 0.15) is 34.9 Å². The van der Waals surface area contributed by atoms with Gasteiger partial charge in [0.05, 0.1) is 5.69 Å². The van der Waals surface area contributed by atoms with E-state index in [0.717, 1.165) is 47.7 Å². The zero-order valence-corrected chi connectivity index (χ0v) is 18.1. The van der Waals surface area contributed by atoms with Crippen LogP contribution >= 0.6 is 11.6 Å². The molecule has 3 heterocycles. The highest BCUT2D eigenvalue weighted by Crippen LogP contribution is 2.66. The third-order valence-electron chi connectivity index (χ3n) is 8.26. The van der Waals surface area contributed by atoms with Crippen molar-refractivity contribution in [1.82, 2.24) is 9.88 Å². The third-order valence-corrected chi connectivity index (χ3v) is 8.51. The minimum atomic E-state index is -0.126. The topological polar surface area (TPSA) is 45.6 Å². The maximum Gasteiger partial charge on any atom is 0.166 e. The molecule has 1 saturated heterocycles. The van der Waals surface area contributed by atoms with Crippen LogP contribution < -0.4 is 4.74 Å². The molecule has 1 aromatic heterocycles. The molecule has 156 valence electrons. The summed E-state index contributed by atoms with van der Waals surface area (Å²) in [6.07, 6.45) is 4.88. The first kappa shape index (κ1) is 18.1. The van der Waals surface area contributed by atoms with E-state index in [0.29, 0.717) is 17.7 Å². The van der Waals surface area contributed by atoms with Crippen LogP contribution in [0.2, 0.25) is 5.02 Å². The molecular formula is C26H23ClN2O2. The summed E-state index contributed by atoms with van der Waals surface area (Å²) in [6.45, 7) is 1.05.